The van der Waals surface area contributed by atoms with Crippen LogP contribution in [0.2, 0.25) is 0 Å². The van der Waals surface area contributed by atoms with Gasteiger partial charge in [0.25, 0.3) is 0 Å². The van der Waals surface area contributed by atoms with Crippen LogP contribution in [0, 0.1) is 0 Å². The van der Waals surface area contributed by atoms with E-state index in [1.165, 1.54) is 0 Å². The molecule has 0 amide bonds. The van der Waals surface area contributed by atoms with Gasteiger partial charge in [-0.25, -0.2) is 17.6 Å². The zero-order valence-electron chi connectivity index (χ0n) is 14.6. The van der Waals surface area contributed by atoms with Crippen molar-refractivity contribution in [1.29, 1.82) is 0 Å². The van der Waals surface area contributed by atoms with Gasteiger partial charge in [-0.1, -0.05) is 0 Å². The number of hydrogen-bond donors (Lipinski definition) is 0. The molecular weight excluding hydrogens is 637 g/mol. The van der Waals surface area contributed by atoms with Crippen molar-refractivity contribution in [3.05, 3.63) is 0 Å². The van der Waals surface area contributed by atoms with Crippen molar-refractivity contribution < 1.29 is 96.6 Å². The van der Waals surface area contributed by atoms with Crippen molar-refractivity contribution in [2.24, 2.45) is 0 Å². The smallest absolute Gasteiger partial charge is 0.201 e. The lowest BCUT2D eigenvalue weighted by molar-refractivity contribution is -0.420. The van der Waals surface area contributed by atoms with Crippen molar-refractivity contribution in [1.82, 2.24) is 0 Å². The van der Waals surface area contributed by atoms with Gasteiger partial charge in [-0.15, -0.1) is 22.2 Å². The summed E-state index contributed by atoms with van der Waals surface area (Å²) in [7, 11) is 0. The molecule has 0 aromatic carbocycles. The first-order valence-electron chi connectivity index (χ1n) is 7.04. The predicted octanol–water partition coefficient (Wildman–Crippen LogP) is 8.19. The topological polar surface area (TPSA) is 0 Å². The van der Waals surface area contributed by atoms with Gasteiger partial charge in [0.05, 0.1) is 0 Å². The maximum Gasteiger partial charge on any atom is 0.460 e. The predicted molar refractivity (Wildman–Crippen MR) is 69.1 cm³/mol. The monoisotopic (exact) mass is 636 g/mol. The molecule has 0 rings (SSSR count). The molecule has 212 valence electrons. The van der Waals surface area contributed by atoms with Crippen molar-refractivity contribution in [2.45, 2.75) is 59.0 Å². The van der Waals surface area contributed by atoms with Gasteiger partial charge in [0, 0.05) is 0 Å². The van der Waals surface area contributed by atoms with Crippen LogP contribution < -0.4 is 0 Å². The second-order valence-electron chi connectivity index (χ2n) is 6.17. The maximum atomic E-state index is 13.7. The first-order valence-corrected chi connectivity index (χ1v) is 11.1. The van der Waals surface area contributed by atoms with Crippen LogP contribution in [0.3, 0.4) is 0 Å². The third kappa shape index (κ3) is 4.08. The molecule has 0 radical (unpaired) electrons. The van der Waals surface area contributed by atoms with Crippen LogP contribution in [0.5, 0.6) is 0 Å². The number of halogens is 24. The normalized spacial score (nSPS) is 17.1. The summed E-state index contributed by atoms with van der Waals surface area (Å²) in [6, 6.07) is 0. The Morgan fingerprint density at radius 1 is 0.286 bits per heavy atom. The van der Waals surface area contributed by atoms with Gasteiger partial charge in [0.1, 0.15) is 0 Å². The highest BCUT2D eigenvalue weighted by molar-refractivity contribution is 7.47. The summed E-state index contributed by atoms with van der Waals surface area (Å²) in [5.74, 6) is -51.5. The van der Waals surface area contributed by atoms with Gasteiger partial charge in [-0.2, -0.15) is 79.0 Å². The van der Waals surface area contributed by atoms with E-state index in [1.807, 2.05) is 0 Å². The Morgan fingerprint density at radius 2 is 0.457 bits per heavy atom. The largest absolute Gasteiger partial charge is 0.460 e. The Balaban J connectivity index is 7.15. The van der Waals surface area contributed by atoms with Crippen molar-refractivity contribution in [2.75, 3.05) is 0 Å². The van der Waals surface area contributed by atoms with E-state index < -0.39 is 65.7 Å². The van der Waals surface area contributed by atoms with E-state index >= 15 is 0 Å². The first kappa shape index (κ1) is 34.3. The van der Waals surface area contributed by atoms with E-state index in [9.17, 15) is 96.6 Å². The summed E-state index contributed by atoms with van der Waals surface area (Å²) in [6.45, 7) is -9.51. The summed E-state index contributed by atoms with van der Waals surface area (Å²) in [4.78, 5) is 0. The van der Waals surface area contributed by atoms with E-state index in [-0.39, 0.29) is 0 Å². The van der Waals surface area contributed by atoms with Gasteiger partial charge in [0.15, 0.2) is 0 Å². The second kappa shape index (κ2) is 8.13. The fourth-order valence-electron chi connectivity index (χ4n) is 1.74. The van der Waals surface area contributed by atoms with Crippen LogP contribution in [0.1, 0.15) is 0 Å². The summed E-state index contributed by atoms with van der Waals surface area (Å²) in [6.07, 6.45) is -15.9. The molecule has 0 N–H and O–H groups in total. The SMILES string of the molecule is FC(F)(F)C(F)(F)C(F)(F)C(F)(F)C(F)(F)[Si](Cl)(Cl)C(F)(F)C(F)(F)C(F)(F)C(F)(F)C(F)(F)F. The summed E-state index contributed by atoms with van der Waals surface area (Å²) >= 11 is 7.51. The Labute approximate surface area is 185 Å². The highest BCUT2D eigenvalue weighted by atomic mass is 35.7. The van der Waals surface area contributed by atoms with Crippen LogP contribution in [0.15, 0.2) is 0 Å². The van der Waals surface area contributed by atoms with Crippen LogP contribution in [-0.4, -0.2) is 65.7 Å². The van der Waals surface area contributed by atoms with Gasteiger partial charge < -0.3 is 0 Å². The number of rotatable bonds is 8. The molecule has 25 heteroatoms. The lowest BCUT2D eigenvalue weighted by Gasteiger charge is -2.45. The molecule has 0 aromatic rings. The quantitative estimate of drug-likeness (QED) is 0.143. The molecule has 0 bridgehead atoms. The zero-order valence-corrected chi connectivity index (χ0v) is 17.1. The van der Waals surface area contributed by atoms with Crippen LogP contribution in [-0.2, 0) is 0 Å². The molecule has 0 aromatic heterocycles. The highest BCUT2D eigenvalue weighted by Crippen LogP contribution is 2.66. The maximum absolute atomic E-state index is 13.7. The van der Waals surface area contributed by atoms with Crippen LogP contribution in [0.25, 0.3) is 0 Å². The average Bonchev–Trinajstić information content (AvgIpc) is 2.58. The molecule has 0 spiro atoms. The lowest BCUT2D eigenvalue weighted by Crippen LogP contribution is -2.79. The molecule has 0 saturated heterocycles. The third-order valence-corrected chi connectivity index (χ3v) is 8.92. The number of hydrogen-bond acceptors (Lipinski definition) is 0. The molecule has 0 aliphatic heterocycles. The molecule has 0 atom stereocenters. The van der Waals surface area contributed by atoms with Crippen LogP contribution in [0.4, 0.5) is 96.6 Å². The molecule has 0 unspecified atom stereocenters. The van der Waals surface area contributed by atoms with E-state index in [0.29, 0.717) is 0 Å². The summed E-state index contributed by atoms with van der Waals surface area (Å²) < 4.78 is 284. The third-order valence-electron chi connectivity index (χ3n) is 3.87. The molecular formula is C10Cl2F22Si. The van der Waals surface area contributed by atoms with E-state index in [0.717, 1.165) is 0 Å². The Kier molecular flexibility index (Phi) is 7.95. The molecule has 0 heterocycles. The molecule has 0 aliphatic rings. The minimum atomic E-state index is -9.51. The Bertz CT molecular complexity index is 725. The minimum Gasteiger partial charge on any atom is -0.201 e. The fraction of sp³-hybridized carbons (Fsp3) is 1.00. The molecule has 0 fully saturated rings. The Morgan fingerprint density at radius 3 is 0.600 bits per heavy atom. The molecule has 0 aliphatic carbocycles. The molecule has 0 saturated carbocycles. The van der Waals surface area contributed by atoms with Gasteiger partial charge >= 0.3 is 65.7 Å². The first-order chi connectivity index (χ1) is 14.5. The van der Waals surface area contributed by atoms with Gasteiger partial charge in [0.2, 0.25) is 0 Å². The highest BCUT2D eigenvalue weighted by Gasteiger charge is 2.98. The van der Waals surface area contributed by atoms with Gasteiger partial charge in [-0.3, -0.25) is 0 Å². The van der Waals surface area contributed by atoms with E-state index in [4.69, 9.17) is 0 Å². The standard InChI is InChI=1S/C10Cl2F22Si/c11-35(12,9(31,32)5(21,22)1(13,14)3(17,18)7(25,26)27)10(33,34)6(23,24)2(15,16)4(19,20)8(28,29)30. The van der Waals surface area contributed by atoms with Crippen molar-refractivity contribution in [3.8, 4) is 0 Å². The zero-order chi connectivity index (χ0) is 29.5. The van der Waals surface area contributed by atoms with Crippen molar-refractivity contribution in [3.63, 3.8) is 0 Å². The number of alkyl halides is 22. The molecule has 35 heavy (non-hydrogen) atoms. The average molecular weight is 637 g/mol. The molecule has 0 nitrogen and oxygen atoms in total. The van der Waals surface area contributed by atoms with Crippen molar-refractivity contribution >= 4 is 28.9 Å². The van der Waals surface area contributed by atoms with E-state index in [1.54, 1.807) is 0 Å². The lowest BCUT2D eigenvalue weighted by atomic mass is 10.0. The van der Waals surface area contributed by atoms with E-state index in [2.05, 4.69) is 22.2 Å². The summed E-state index contributed by atoms with van der Waals surface area (Å²) in [5.41, 5.74) is -16.8. The second-order valence-corrected chi connectivity index (χ2v) is 12.6. The minimum absolute atomic E-state index is 3.75. The summed E-state index contributed by atoms with van der Waals surface area (Å²) in [5, 5.41) is 0. The fourth-order valence-corrected chi connectivity index (χ4v) is 4.66. The van der Waals surface area contributed by atoms with Gasteiger partial charge in [-0.05, 0) is 0 Å². The van der Waals surface area contributed by atoms with Crippen LogP contribution >= 0.6 is 22.2 Å². The Hall–Kier alpha value is -0.743.